The summed E-state index contributed by atoms with van der Waals surface area (Å²) in [5.41, 5.74) is 0.786. The third-order valence-electron chi connectivity index (χ3n) is 3.38. The van der Waals surface area contributed by atoms with Gasteiger partial charge >= 0.3 is 4.87 Å². The molecule has 1 saturated heterocycles. The van der Waals surface area contributed by atoms with Crippen LogP contribution in [0, 0.1) is 6.92 Å². The van der Waals surface area contributed by atoms with Gasteiger partial charge in [0.25, 0.3) is 5.91 Å². The van der Waals surface area contributed by atoms with E-state index in [4.69, 9.17) is 0 Å². The molecule has 4 nitrogen and oxygen atoms in total. The van der Waals surface area contributed by atoms with Crippen LogP contribution in [-0.4, -0.2) is 28.5 Å². The van der Waals surface area contributed by atoms with E-state index in [9.17, 15) is 9.59 Å². The van der Waals surface area contributed by atoms with E-state index in [-0.39, 0.29) is 10.8 Å². The molecule has 1 aromatic rings. The highest BCUT2D eigenvalue weighted by molar-refractivity contribution is 7.11. The molecule has 17 heavy (non-hydrogen) atoms. The van der Waals surface area contributed by atoms with Gasteiger partial charge in [0.1, 0.15) is 4.88 Å². The molecule has 0 radical (unpaired) electrons. The quantitative estimate of drug-likeness (QED) is 0.766. The van der Waals surface area contributed by atoms with E-state index >= 15 is 0 Å². The fourth-order valence-electron chi connectivity index (χ4n) is 2.13. The summed E-state index contributed by atoms with van der Waals surface area (Å²) in [7, 11) is 1.72. The summed E-state index contributed by atoms with van der Waals surface area (Å²) in [6.45, 7) is 3.49. The molecule has 1 aliphatic rings. The number of hydrogen-bond donors (Lipinski definition) is 0. The van der Waals surface area contributed by atoms with Crippen molar-refractivity contribution in [1.82, 2.24) is 9.47 Å². The molecule has 0 N–H and O–H groups in total. The van der Waals surface area contributed by atoms with E-state index < -0.39 is 0 Å². The van der Waals surface area contributed by atoms with Crippen molar-refractivity contribution in [2.45, 2.75) is 32.6 Å². The van der Waals surface area contributed by atoms with Crippen LogP contribution in [0.1, 0.15) is 41.0 Å². The van der Waals surface area contributed by atoms with Crippen LogP contribution >= 0.6 is 11.3 Å². The van der Waals surface area contributed by atoms with Crippen LogP contribution in [0.15, 0.2) is 4.79 Å². The first-order valence-electron chi connectivity index (χ1n) is 6.07. The molecule has 2 rings (SSSR count). The molecule has 94 valence electrons. The summed E-state index contributed by atoms with van der Waals surface area (Å²) in [6.07, 6.45) is 4.56. The first-order chi connectivity index (χ1) is 8.11. The molecular formula is C12H18N2O2S. The largest absolute Gasteiger partial charge is 0.338 e. The average Bonchev–Trinajstić information content (AvgIpc) is 2.57. The number of nitrogens with zero attached hydrogens (tertiary/aromatic N) is 2. The normalized spacial score (nSPS) is 16.9. The smallest absolute Gasteiger partial charge is 0.307 e. The summed E-state index contributed by atoms with van der Waals surface area (Å²) in [5, 5.41) is 0. The van der Waals surface area contributed by atoms with E-state index in [0.717, 1.165) is 43.0 Å². The number of hydrogen-bond acceptors (Lipinski definition) is 3. The molecule has 0 unspecified atom stereocenters. The van der Waals surface area contributed by atoms with Crippen molar-refractivity contribution in [3.63, 3.8) is 0 Å². The molecular weight excluding hydrogens is 236 g/mol. The summed E-state index contributed by atoms with van der Waals surface area (Å²) in [4.78, 5) is 26.3. The minimum absolute atomic E-state index is 0.0344. The maximum atomic E-state index is 12.3. The average molecular weight is 254 g/mol. The second kappa shape index (κ2) is 5.04. The van der Waals surface area contributed by atoms with E-state index in [2.05, 4.69) is 0 Å². The molecule has 1 aromatic heterocycles. The summed E-state index contributed by atoms with van der Waals surface area (Å²) in [6, 6.07) is 0. The lowest BCUT2D eigenvalue weighted by molar-refractivity contribution is 0.0765. The Labute approximate surface area is 105 Å². The van der Waals surface area contributed by atoms with Gasteiger partial charge in [0.2, 0.25) is 0 Å². The zero-order valence-electron chi connectivity index (χ0n) is 10.4. The molecule has 0 spiro atoms. The maximum Gasteiger partial charge on any atom is 0.307 e. The first-order valence-corrected chi connectivity index (χ1v) is 6.88. The Morgan fingerprint density at radius 1 is 1.18 bits per heavy atom. The van der Waals surface area contributed by atoms with Crippen LogP contribution in [0.25, 0.3) is 0 Å². The van der Waals surface area contributed by atoms with Crippen molar-refractivity contribution in [2.75, 3.05) is 13.1 Å². The number of aromatic nitrogens is 1. The fraction of sp³-hybridized carbons (Fsp3) is 0.667. The van der Waals surface area contributed by atoms with Gasteiger partial charge in [0, 0.05) is 25.8 Å². The maximum absolute atomic E-state index is 12.3. The molecule has 1 amide bonds. The summed E-state index contributed by atoms with van der Waals surface area (Å²) < 4.78 is 1.55. The minimum Gasteiger partial charge on any atom is -0.338 e. The van der Waals surface area contributed by atoms with E-state index in [1.54, 1.807) is 11.6 Å². The lowest BCUT2D eigenvalue weighted by Crippen LogP contribution is -2.31. The highest BCUT2D eigenvalue weighted by atomic mass is 32.1. The van der Waals surface area contributed by atoms with Gasteiger partial charge < -0.3 is 9.47 Å². The van der Waals surface area contributed by atoms with E-state index in [1.807, 2.05) is 11.8 Å². The number of carbonyl (C=O) groups is 1. The highest BCUT2D eigenvalue weighted by Crippen LogP contribution is 2.17. The van der Waals surface area contributed by atoms with Gasteiger partial charge in [-0.05, 0) is 19.8 Å². The number of carbonyl (C=O) groups excluding carboxylic acids is 1. The Bertz CT molecular complexity index is 467. The molecule has 0 bridgehead atoms. The predicted molar refractivity (Wildman–Crippen MR) is 68.7 cm³/mol. The van der Waals surface area contributed by atoms with Crippen LogP contribution in [-0.2, 0) is 7.05 Å². The van der Waals surface area contributed by atoms with Gasteiger partial charge in [-0.15, -0.1) is 0 Å². The van der Waals surface area contributed by atoms with Crippen molar-refractivity contribution < 1.29 is 4.79 Å². The van der Waals surface area contributed by atoms with E-state index in [1.165, 1.54) is 12.8 Å². The van der Waals surface area contributed by atoms with Crippen molar-refractivity contribution in [2.24, 2.45) is 7.05 Å². The van der Waals surface area contributed by atoms with Crippen molar-refractivity contribution in [3.8, 4) is 0 Å². The molecule has 1 aliphatic heterocycles. The molecule has 0 aliphatic carbocycles. The molecule has 0 atom stereocenters. The van der Waals surface area contributed by atoms with Gasteiger partial charge in [-0.1, -0.05) is 24.2 Å². The van der Waals surface area contributed by atoms with Gasteiger partial charge in [-0.3, -0.25) is 9.59 Å². The molecule has 5 heteroatoms. The Kier molecular flexibility index (Phi) is 3.66. The number of rotatable bonds is 1. The number of amides is 1. The Morgan fingerprint density at radius 2 is 1.76 bits per heavy atom. The van der Waals surface area contributed by atoms with Crippen LogP contribution < -0.4 is 4.87 Å². The fourth-order valence-corrected chi connectivity index (χ4v) is 3.08. The van der Waals surface area contributed by atoms with Gasteiger partial charge in [-0.25, -0.2) is 0 Å². The van der Waals surface area contributed by atoms with Crippen LogP contribution in [0.2, 0.25) is 0 Å². The summed E-state index contributed by atoms with van der Waals surface area (Å²) >= 11 is 1.07. The van der Waals surface area contributed by atoms with Crippen LogP contribution in [0.3, 0.4) is 0 Å². The van der Waals surface area contributed by atoms with Crippen LogP contribution in [0.4, 0.5) is 0 Å². The van der Waals surface area contributed by atoms with E-state index in [0.29, 0.717) is 4.88 Å². The summed E-state index contributed by atoms with van der Waals surface area (Å²) in [5.74, 6) is 0.0344. The van der Waals surface area contributed by atoms with Gasteiger partial charge in [0.15, 0.2) is 0 Å². The molecule has 0 aromatic carbocycles. The predicted octanol–water partition coefficient (Wildman–Crippen LogP) is 1.77. The molecule has 2 heterocycles. The lowest BCUT2D eigenvalue weighted by atomic mass is 10.2. The zero-order chi connectivity index (χ0) is 12.4. The SMILES string of the molecule is Cc1c(C(=O)N2CCCCCC2)sc(=O)n1C. The van der Waals surface area contributed by atoms with Crippen molar-refractivity contribution in [3.05, 3.63) is 20.2 Å². The highest BCUT2D eigenvalue weighted by Gasteiger charge is 2.22. The van der Waals surface area contributed by atoms with Crippen molar-refractivity contribution >= 4 is 17.2 Å². The topological polar surface area (TPSA) is 42.3 Å². The number of likely N-dealkylation sites (tertiary alicyclic amines) is 1. The lowest BCUT2D eigenvalue weighted by Gasteiger charge is -2.19. The Morgan fingerprint density at radius 3 is 2.24 bits per heavy atom. The standard InChI is InChI=1S/C12H18N2O2S/c1-9-10(17-12(16)13(9)2)11(15)14-7-5-3-4-6-8-14/h3-8H2,1-2H3. The van der Waals surface area contributed by atoms with Crippen molar-refractivity contribution in [1.29, 1.82) is 0 Å². The first kappa shape index (κ1) is 12.4. The Balaban J connectivity index is 2.23. The monoisotopic (exact) mass is 254 g/mol. The second-order valence-electron chi connectivity index (χ2n) is 4.55. The van der Waals surface area contributed by atoms with Crippen LogP contribution in [0.5, 0.6) is 0 Å². The van der Waals surface area contributed by atoms with Gasteiger partial charge in [-0.2, -0.15) is 0 Å². The third kappa shape index (κ3) is 2.44. The second-order valence-corrected chi connectivity index (χ2v) is 5.51. The molecule has 1 fully saturated rings. The third-order valence-corrected chi connectivity index (χ3v) is 4.51. The number of thiazole rings is 1. The Hall–Kier alpha value is -1.10. The minimum atomic E-state index is -0.0549. The van der Waals surface area contributed by atoms with Gasteiger partial charge in [0.05, 0.1) is 0 Å². The zero-order valence-corrected chi connectivity index (χ0v) is 11.2. The molecule has 0 saturated carbocycles.